The van der Waals surface area contributed by atoms with Gasteiger partial charge in [-0.2, -0.15) is 0 Å². The number of hydrogen-bond acceptors (Lipinski definition) is 4. The first-order valence-corrected chi connectivity index (χ1v) is 10.9. The Kier molecular flexibility index (Phi) is 7.93. The molecule has 0 bridgehead atoms. The third-order valence-electron chi connectivity index (χ3n) is 5.84. The molecule has 0 radical (unpaired) electrons. The largest absolute Gasteiger partial charge is 0.496 e. The number of halogens is 1. The van der Waals surface area contributed by atoms with E-state index in [1.165, 1.54) is 0 Å². The first-order chi connectivity index (χ1) is 14.9. The van der Waals surface area contributed by atoms with Crippen molar-refractivity contribution in [1.29, 1.82) is 0 Å². The number of nitrogens with zero attached hydrogens (tertiary/aromatic N) is 2. The van der Waals surface area contributed by atoms with E-state index in [4.69, 9.17) is 16.3 Å². The molecular formula is C24H30ClN3O3. The zero-order chi connectivity index (χ0) is 22.4. The Morgan fingerprint density at radius 2 is 1.77 bits per heavy atom. The average Bonchev–Trinajstić information content (AvgIpc) is 2.79. The lowest BCUT2D eigenvalue weighted by molar-refractivity contribution is -0.126. The second-order valence-corrected chi connectivity index (χ2v) is 8.48. The van der Waals surface area contributed by atoms with Gasteiger partial charge in [0.15, 0.2) is 0 Å². The highest BCUT2D eigenvalue weighted by Crippen LogP contribution is 2.28. The van der Waals surface area contributed by atoms with Gasteiger partial charge in [-0.05, 0) is 57.3 Å². The third kappa shape index (κ3) is 5.77. The molecule has 0 aliphatic carbocycles. The minimum absolute atomic E-state index is 0.00618. The van der Waals surface area contributed by atoms with Crippen molar-refractivity contribution in [1.82, 2.24) is 15.1 Å². The quantitative estimate of drug-likeness (QED) is 0.710. The Morgan fingerprint density at radius 3 is 2.39 bits per heavy atom. The highest BCUT2D eigenvalue weighted by atomic mass is 35.5. The molecule has 1 aliphatic heterocycles. The van der Waals surface area contributed by atoms with Gasteiger partial charge in [0, 0.05) is 41.7 Å². The molecule has 166 valence electrons. The topological polar surface area (TPSA) is 61.9 Å². The SMILES string of the molecule is COc1ccccc1C(CNC(=O)C1CCN(C(=O)c2ccc(Cl)cc2)CC1)N(C)C. The number of amides is 2. The number of likely N-dealkylation sites (N-methyl/N-ethyl adjacent to an activating group) is 1. The van der Waals surface area contributed by atoms with Crippen molar-refractivity contribution in [3.8, 4) is 5.75 Å². The average molecular weight is 444 g/mol. The predicted molar refractivity (Wildman–Crippen MR) is 123 cm³/mol. The molecule has 6 nitrogen and oxygen atoms in total. The van der Waals surface area contributed by atoms with Crippen molar-refractivity contribution < 1.29 is 14.3 Å². The van der Waals surface area contributed by atoms with Crippen LogP contribution in [-0.4, -0.2) is 62.5 Å². The molecule has 1 fully saturated rings. The number of hydrogen-bond donors (Lipinski definition) is 1. The molecular weight excluding hydrogens is 414 g/mol. The molecule has 1 saturated heterocycles. The van der Waals surface area contributed by atoms with E-state index in [0.29, 0.717) is 43.1 Å². The molecule has 1 heterocycles. The van der Waals surface area contributed by atoms with Crippen molar-refractivity contribution in [2.45, 2.75) is 18.9 Å². The van der Waals surface area contributed by atoms with Gasteiger partial charge in [0.25, 0.3) is 5.91 Å². The molecule has 2 aromatic rings. The Balaban J connectivity index is 1.54. The molecule has 0 spiro atoms. The first-order valence-electron chi connectivity index (χ1n) is 10.5. The maximum Gasteiger partial charge on any atom is 0.253 e. The molecule has 3 rings (SSSR count). The molecule has 1 atom stereocenters. The molecule has 0 saturated carbocycles. The summed E-state index contributed by atoms with van der Waals surface area (Å²) in [5, 5.41) is 3.72. The maximum atomic E-state index is 12.8. The summed E-state index contributed by atoms with van der Waals surface area (Å²) >= 11 is 5.90. The smallest absolute Gasteiger partial charge is 0.253 e. The Morgan fingerprint density at radius 1 is 1.13 bits per heavy atom. The number of nitrogens with one attached hydrogen (secondary N) is 1. The Labute approximate surface area is 189 Å². The fourth-order valence-corrected chi connectivity index (χ4v) is 4.10. The number of methoxy groups -OCH3 is 1. The van der Waals surface area contributed by atoms with Crippen molar-refractivity contribution in [3.05, 3.63) is 64.7 Å². The lowest BCUT2D eigenvalue weighted by Crippen LogP contribution is -2.44. The zero-order valence-electron chi connectivity index (χ0n) is 18.3. The summed E-state index contributed by atoms with van der Waals surface area (Å²) in [5.74, 6) is 0.749. The highest BCUT2D eigenvalue weighted by molar-refractivity contribution is 6.30. The van der Waals surface area contributed by atoms with E-state index < -0.39 is 0 Å². The van der Waals surface area contributed by atoms with Crippen LogP contribution in [0.2, 0.25) is 5.02 Å². The van der Waals surface area contributed by atoms with Gasteiger partial charge in [0.2, 0.25) is 5.91 Å². The summed E-state index contributed by atoms with van der Waals surface area (Å²) < 4.78 is 5.49. The molecule has 2 aromatic carbocycles. The van der Waals surface area contributed by atoms with E-state index >= 15 is 0 Å². The van der Waals surface area contributed by atoms with Gasteiger partial charge in [0.1, 0.15) is 5.75 Å². The minimum atomic E-state index is -0.0882. The lowest BCUT2D eigenvalue weighted by atomic mass is 9.95. The number of rotatable bonds is 7. The van der Waals surface area contributed by atoms with Crippen molar-refractivity contribution in [2.24, 2.45) is 5.92 Å². The monoisotopic (exact) mass is 443 g/mol. The molecule has 2 amide bonds. The van der Waals surface area contributed by atoms with Crippen LogP contribution < -0.4 is 10.1 Å². The van der Waals surface area contributed by atoms with Crippen LogP contribution in [0.15, 0.2) is 48.5 Å². The molecule has 1 aliphatic rings. The summed E-state index contributed by atoms with van der Waals surface area (Å²) in [7, 11) is 5.64. The van der Waals surface area contributed by atoms with Crippen LogP contribution in [0, 0.1) is 5.92 Å². The van der Waals surface area contributed by atoms with Crippen LogP contribution in [0.5, 0.6) is 5.75 Å². The van der Waals surface area contributed by atoms with Gasteiger partial charge in [-0.1, -0.05) is 29.8 Å². The fourth-order valence-electron chi connectivity index (χ4n) is 3.97. The van der Waals surface area contributed by atoms with E-state index in [1.54, 1.807) is 31.4 Å². The van der Waals surface area contributed by atoms with Gasteiger partial charge in [-0.3, -0.25) is 9.59 Å². The van der Waals surface area contributed by atoms with Crippen LogP contribution in [0.4, 0.5) is 0 Å². The van der Waals surface area contributed by atoms with Gasteiger partial charge in [-0.25, -0.2) is 0 Å². The zero-order valence-corrected chi connectivity index (χ0v) is 19.1. The van der Waals surface area contributed by atoms with E-state index in [0.717, 1.165) is 11.3 Å². The van der Waals surface area contributed by atoms with Crippen molar-refractivity contribution in [2.75, 3.05) is 40.8 Å². The molecule has 1 unspecified atom stereocenters. The molecule has 0 aromatic heterocycles. The number of carbonyl (C=O) groups excluding carboxylic acids is 2. The van der Waals surface area contributed by atoms with E-state index in [1.807, 2.05) is 43.3 Å². The first kappa shape index (κ1) is 23.1. The van der Waals surface area contributed by atoms with Gasteiger partial charge in [-0.15, -0.1) is 0 Å². The summed E-state index contributed by atoms with van der Waals surface area (Å²) in [4.78, 5) is 29.4. The van der Waals surface area contributed by atoms with Crippen LogP contribution in [0.3, 0.4) is 0 Å². The van der Waals surface area contributed by atoms with Crippen LogP contribution in [0.1, 0.15) is 34.8 Å². The van der Waals surface area contributed by atoms with E-state index in [9.17, 15) is 9.59 Å². The second kappa shape index (κ2) is 10.6. The third-order valence-corrected chi connectivity index (χ3v) is 6.09. The van der Waals surface area contributed by atoms with Gasteiger partial charge >= 0.3 is 0 Å². The standard InChI is InChI=1S/C24H30ClN3O3/c1-27(2)21(20-6-4-5-7-22(20)31-3)16-26-23(29)17-12-14-28(15-13-17)24(30)18-8-10-19(25)11-9-18/h4-11,17,21H,12-16H2,1-3H3,(H,26,29). The number of piperidine rings is 1. The molecule has 1 N–H and O–H groups in total. The van der Waals surface area contributed by atoms with Gasteiger partial charge < -0.3 is 19.9 Å². The molecule has 7 heteroatoms. The number of ether oxygens (including phenoxy) is 1. The highest BCUT2D eigenvalue weighted by Gasteiger charge is 2.28. The molecule has 31 heavy (non-hydrogen) atoms. The van der Waals surface area contributed by atoms with Crippen molar-refractivity contribution >= 4 is 23.4 Å². The van der Waals surface area contributed by atoms with E-state index in [2.05, 4.69) is 10.2 Å². The summed E-state index contributed by atoms with van der Waals surface area (Å²) in [6.45, 7) is 1.64. The number of likely N-dealkylation sites (tertiary alicyclic amines) is 1. The summed E-state index contributed by atoms with van der Waals surface area (Å²) in [6.07, 6.45) is 1.32. The Hall–Kier alpha value is -2.57. The summed E-state index contributed by atoms with van der Waals surface area (Å²) in [5.41, 5.74) is 1.66. The van der Waals surface area contributed by atoms with Gasteiger partial charge in [0.05, 0.1) is 13.2 Å². The van der Waals surface area contributed by atoms with E-state index in [-0.39, 0.29) is 23.8 Å². The normalized spacial score (nSPS) is 15.6. The van der Waals surface area contributed by atoms with Crippen molar-refractivity contribution in [3.63, 3.8) is 0 Å². The van der Waals surface area contributed by atoms with Crippen LogP contribution >= 0.6 is 11.6 Å². The lowest BCUT2D eigenvalue weighted by Gasteiger charge is -2.32. The maximum absolute atomic E-state index is 12.8. The summed E-state index contributed by atoms with van der Waals surface area (Å²) in [6, 6.07) is 14.8. The second-order valence-electron chi connectivity index (χ2n) is 8.04. The minimum Gasteiger partial charge on any atom is -0.496 e. The Bertz CT molecular complexity index is 893. The van der Waals surface area contributed by atoms with Crippen LogP contribution in [-0.2, 0) is 4.79 Å². The predicted octanol–water partition coefficient (Wildman–Crippen LogP) is 3.62. The van der Waals surface area contributed by atoms with Crippen LogP contribution in [0.25, 0.3) is 0 Å². The number of carbonyl (C=O) groups is 2. The fraction of sp³-hybridized carbons (Fsp3) is 0.417. The number of benzene rings is 2. The number of para-hydroxylation sites is 1.